The number of hydrogen-bond donors (Lipinski definition) is 2. The van der Waals surface area contributed by atoms with E-state index in [1.807, 2.05) is 6.92 Å². The molecular weight excluding hydrogens is 164 g/mol. The molecule has 2 N–H and O–H groups in total. The van der Waals surface area contributed by atoms with E-state index < -0.39 is 5.54 Å². The van der Waals surface area contributed by atoms with E-state index in [1.54, 1.807) is 0 Å². The van der Waals surface area contributed by atoms with Crippen molar-refractivity contribution in [3.63, 3.8) is 0 Å². The van der Waals surface area contributed by atoms with Crippen LogP contribution in [0.2, 0.25) is 0 Å². The van der Waals surface area contributed by atoms with Crippen LogP contribution in [-0.4, -0.2) is 23.8 Å². The fourth-order valence-electron chi connectivity index (χ4n) is 1.34. The first kappa shape index (κ1) is 12.4. The molecule has 0 fully saturated rings. The fraction of sp³-hybridized carbons (Fsp3) is 0.900. The van der Waals surface area contributed by atoms with Gasteiger partial charge in [0, 0.05) is 6.54 Å². The summed E-state index contributed by atoms with van der Waals surface area (Å²) < 4.78 is 0. The Bertz CT molecular complexity index is 155. The molecule has 3 heteroatoms. The van der Waals surface area contributed by atoms with Gasteiger partial charge < -0.3 is 5.11 Å². The molecule has 0 aliphatic heterocycles. The van der Waals surface area contributed by atoms with Crippen molar-refractivity contribution in [2.45, 2.75) is 45.1 Å². The maximum absolute atomic E-state index is 9.04. The molecule has 76 valence electrons. The highest BCUT2D eigenvalue weighted by atomic mass is 16.3. The quantitative estimate of drug-likeness (QED) is 0.629. The van der Waals surface area contributed by atoms with Gasteiger partial charge in [0.25, 0.3) is 0 Å². The maximum atomic E-state index is 9.04. The van der Waals surface area contributed by atoms with E-state index in [0.717, 1.165) is 25.7 Å². The zero-order chi connectivity index (χ0) is 10.2. The van der Waals surface area contributed by atoms with Crippen molar-refractivity contribution >= 4 is 0 Å². The number of unbranched alkanes of at least 4 members (excludes halogenated alkanes) is 1. The molecule has 0 heterocycles. The summed E-state index contributed by atoms with van der Waals surface area (Å²) >= 11 is 0. The van der Waals surface area contributed by atoms with Crippen molar-refractivity contribution in [2.24, 2.45) is 0 Å². The van der Waals surface area contributed by atoms with Gasteiger partial charge in [-0.3, -0.25) is 5.32 Å². The van der Waals surface area contributed by atoms with Gasteiger partial charge in [-0.2, -0.15) is 5.26 Å². The van der Waals surface area contributed by atoms with Crippen LogP contribution in [0.1, 0.15) is 39.5 Å². The van der Waals surface area contributed by atoms with Crippen molar-refractivity contribution in [3.05, 3.63) is 0 Å². The van der Waals surface area contributed by atoms with Crippen molar-refractivity contribution in [2.75, 3.05) is 13.2 Å². The molecule has 0 saturated carbocycles. The first-order valence-corrected chi connectivity index (χ1v) is 5.01. The molecular formula is C10H20N2O. The highest BCUT2D eigenvalue weighted by Crippen LogP contribution is 2.17. The average Bonchev–Trinajstić information content (AvgIpc) is 2.20. The lowest BCUT2D eigenvalue weighted by atomic mass is 9.91. The second-order valence-electron chi connectivity index (χ2n) is 3.30. The molecule has 0 rings (SSSR count). The first-order chi connectivity index (χ1) is 6.24. The molecule has 0 aromatic carbocycles. The average molecular weight is 184 g/mol. The van der Waals surface area contributed by atoms with Gasteiger partial charge in [0.05, 0.1) is 12.7 Å². The summed E-state index contributed by atoms with van der Waals surface area (Å²) in [6.07, 6.45) is 3.82. The second kappa shape index (κ2) is 6.88. The highest BCUT2D eigenvalue weighted by Gasteiger charge is 2.25. The lowest BCUT2D eigenvalue weighted by Crippen LogP contribution is -2.44. The molecule has 0 radical (unpaired) electrons. The normalized spacial score (nSPS) is 14.9. The van der Waals surface area contributed by atoms with Crippen LogP contribution in [0.4, 0.5) is 0 Å². The predicted octanol–water partition coefficient (Wildman–Crippen LogP) is 1.43. The standard InChI is InChI=1S/C10H20N2O/c1-3-5-6-10(4-2,9-11)12-7-8-13/h12-13H,3-8H2,1-2H3. The Morgan fingerprint density at radius 2 is 2.15 bits per heavy atom. The largest absolute Gasteiger partial charge is 0.395 e. The number of hydrogen-bond acceptors (Lipinski definition) is 3. The summed E-state index contributed by atoms with van der Waals surface area (Å²) in [4.78, 5) is 0. The number of nitrogens with one attached hydrogen (secondary N) is 1. The Hall–Kier alpha value is -0.590. The van der Waals surface area contributed by atoms with E-state index in [9.17, 15) is 0 Å². The summed E-state index contributed by atoms with van der Waals surface area (Å²) in [5.41, 5.74) is -0.418. The predicted molar refractivity (Wildman–Crippen MR) is 53.2 cm³/mol. The molecule has 0 spiro atoms. The molecule has 1 unspecified atom stereocenters. The molecule has 3 nitrogen and oxygen atoms in total. The van der Waals surface area contributed by atoms with Crippen LogP contribution in [0.5, 0.6) is 0 Å². The molecule has 0 saturated heterocycles. The molecule has 0 aromatic heterocycles. The minimum absolute atomic E-state index is 0.0928. The van der Waals surface area contributed by atoms with Gasteiger partial charge in [0.2, 0.25) is 0 Å². The number of nitriles is 1. The third kappa shape index (κ3) is 4.25. The van der Waals surface area contributed by atoms with Crippen LogP contribution in [-0.2, 0) is 0 Å². The Morgan fingerprint density at radius 1 is 1.46 bits per heavy atom. The van der Waals surface area contributed by atoms with E-state index >= 15 is 0 Å². The highest BCUT2D eigenvalue weighted by molar-refractivity contribution is 5.05. The third-order valence-corrected chi connectivity index (χ3v) is 2.35. The van der Waals surface area contributed by atoms with Gasteiger partial charge in [-0.05, 0) is 12.8 Å². The van der Waals surface area contributed by atoms with Crippen LogP contribution in [0.3, 0.4) is 0 Å². The molecule has 0 aliphatic carbocycles. The Balaban J connectivity index is 4.07. The summed E-state index contributed by atoms with van der Waals surface area (Å²) in [5.74, 6) is 0. The summed E-state index contributed by atoms with van der Waals surface area (Å²) in [6, 6.07) is 2.31. The van der Waals surface area contributed by atoms with Gasteiger partial charge in [-0.25, -0.2) is 0 Å². The smallest absolute Gasteiger partial charge is 0.106 e. The SMILES string of the molecule is CCCCC(C#N)(CC)NCCO. The monoisotopic (exact) mass is 184 g/mol. The number of aliphatic hydroxyl groups is 1. The molecule has 0 bridgehead atoms. The number of β-amino-alcohol motifs (C(OH)–C–C–N with tert-alkyl or cyclic N) is 1. The fourth-order valence-corrected chi connectivity index (χ4v) is 1.34. The lowest BCUT2D eigenvalue weighted by molar-refractivity contribution is 0.263. The maximum Gasteiger partial charge on any atom is 0.106 e. The molecule has 0 aliphatic rings. The molecule has 0 aromatic rings. The minimum Gasteiger partial charge on any atom is -0.395 e. The summed E-state index contributed by atoms with van der Waals surface area (Å²) in [6.45, 7) is 4.72. The topological polar surface area (TPSA) is 56.0 Å². The molecule has 1 atom stereocenters. The Labute approximate surface area is 80.8 Å². The molecule has 0 amide bonds. The Kier molecular flexibility index (Phi) is 6.56. The lowest BCUT2D eigenvalue weighted by Gasteiger charge is -2.26. The number of rotatable bonds is 7. The number of nitrogens with zero attached hydrogens (tertiary/aromatic N) is 1. The van der Waals surface area contributed by atoms with Gasteiger partial charge in [0.15, 0.2) is 0 Å². The Morgan fingerprint density at radius 3 is 2.54 bits per heavy atom. The zero-order valence-corrected chi connectivity index (χ0v) is 8.64. The summed E-state index contributed by atoms with van der Waals surface area (Å²) in [7, 11) is 0. The van der Waals surface area contributed by atoms with Gasteiger partial charge >= 0.3 is 0 Å². The third-order valence-electron chi connectivity index (χ3n) is 2.35. The summed E-state index contributed by atoms with van der Waals surface area (Å²) in [5, 5.41) is 20.8. The second-order valence-corrected chi connectivity index (χ2v) is 3.30. The van der Waals surface area contributed by atoms with Crippen LogP contribution >= 0.6 is 0 Å². The minimum atomic E-state index is -0.418. The van der Waals surface area contributed by atoms with Crippen molar-refractivity contribution in [3.8, 4) is 6.07 Å². The van der Waals surface area contributed by atoms with Crippen molar-refractivity contribution in [1.29, 1.82) is 5.26 Å². The van der Waals surface area contributed by atoms with E-state index in [2.05, 4.69) is 18.3 Å². The van der Waals surface area contributed by atoms with Crippen LogP contribution in [0, 0.1) is 11.3 Å². The van der Waals surface area contributed by atoms with Gasteiger partial charge in [-0.15, -0.1) is 0 Å². The van der Waals surface area contributed by atoms with E-state index in [4.69, 9.17) is 10.4 Å². The zero-order valence-electron chi connectivity index (χ0n) is 8.64. The van der Waals surface area contributed by atoms with E-state index in [-0.39, 0.29) is 6.61 Å². The van der Waals surface area contributed by atoms with E-state index in [1.165, 1.54) is 0 Å². The van der Waals surface area contributed by atoms with Gasteiger partial charge in [-0.1, -0.05) is 26.7 Å². The first-order valence-electron chi connectivity index (χ1n) is 5.01. The van der Waals surface area contributed by atoms with Crippen LogP contribution < -0.4 is 5.32 Å². The van der Waals surface area contributed by atoms with Crippen LogP contribution in [0.15, 0.2) is 0 Å². The molecule has 13 heavy (non-hydrogen) atoms. The van der Waals surface area contributed by atoms with Gasteiger partial charge in [0.1, 0.15) is 5.54 Å². The van der Waals surface area contributed by atoms with Crippen LogP contribution in [0.25, 0.3) is 0 Å². The van der Waals surface area contributed by atoms with Crippen molar-refractivity contribution < 1.29 is 5.11 Å². The number of aliphatic hydroxyl groups excluding tert-OH is 1. The van der Waals surface area contributed by atoms with Crippen molar-refractivity contribution in [1.82, 2.24) is 5.32 Å². The van der Waals surface area contributed by atoms with E-state index in [0.29, 0.717) is 6.54 Å².